The summed E-state index contributed by atoms with van der Waals surface area (Å²) in [6, 6.07) is 20.2. The molecule has 1 amide bonds. The van der Waals surface area contributed by atoms with Crippen molar-refractivity contribution in [3.63, 3.8) is 0 Å². The summed E-state index contributed by atoms with van der Waals surface area (Å²) in [6.07, 6.45) is -1.36. The van der Waals surface area contributed by atoms with E-state index in [2.05, 4.69) is 5.32 Å². The molecule has 3 rings (SSSR count). The summed E-state index contributed by atoms with van der Waals surface area (Å²) in [5.74, 6) is -4.86. The Labute approximate surface area is 199 Å². The number of rotatable bonds is 8. The molecule has 0 bridgehead atoms. The Kier molecular flexibility index (Phi) is 8.17. The van der Waals surface area contributed by atoms with Crippen molar-refractivity contribution in [1.82, 2.24) is 5.32 Å². The molecule has 8 heteroatoms. The Morgan fingerprint density at radius 2 is 1.41 bits per heavy atom. The second-order valence-electron chi connectivity index (χ2n) is 9.23. The van der Waals surface area contributed by atoms with E-state index in [0.717, 1.165) is 22.5 Å². The number of halogens is 3. The lowest BCUT2D eigenvalue weighted by Crippen LogP contribution is -2.48. The first-order valence-corrected chi connectivity index (χ1v) is 12.6. The molecule has 180 valence electrons. The Morgan fingerprint density at radius 1 is 0.941 bits per heavy atom. The van der Waals surface area contributed by atoms with Crippen LogP contribution in [-0.4, -0.2) is 26.8 Å². The van der Waals surface area contributed by atoms with Crippen molar-refractivity contribution in [2.45, 2.75) is 26.8 Å². The van der Waals surface area contributed by atoms with E-state index in [-0.39, 0.29) is 12.2 Å². The minimum Gasteiger partial charge on any atom is -0.465 e. The predicted octanol–water partition coefficient (Wildman–Crippen LogP) is 4.63. The lowest BCUT2D eigenvalue weighted by atomic mass is 9.74. The normalized spacial score (nSPS) is 13.5. The average Bonchev–Trinajstić information content (AvgIpc) is 2.79. The van der Waals surface area contributed by atoms with Crippen LogP contribution in [0.3, 0.4) is 0 Å². The van der Waals surface area contributed by atoms with E-state index in [1.54, 1.807) is 0 Å². The monoisotopic (exact) mass is 487 g/mol. The minimum absolute atomic E-state index is 0.0000334. The third kappa shape index (κ3) is 6.27. The maximum Gasteiger partial charge on any atom is 0.405 e. The van der Waals surface area contributed by atoms with Crippen molar-refractivity contribution in [2.75, 3.05) is 6.61 Å². The Bertz CT molecular complexity index is 1040. The highest BCUT2D eigenvalue weighted by Crippen LogP contribution is 2.37. The highest BCUT2D eigenvalue weighted by atomic mass is 28.3. The van der Waals surface area contributed by atoms with Gasteiger partial charge in [0.2, 0.25) is 9.04 Å². The van der Waals surface area contributed by atoms with Crippen molar-refractivity contribution in [3.8, 4) is 0 Å². The lowest BCUT2D eigenvalue weighted by Gasteiger charge is -2.38. The van der Waals surface area contributed by atoms with Gasteiger partial charge in [0.1, 0.15) is 0 Å². The quantitative estimate of drug-likeness (QED) is 0.360. The molecule has 0 spiro atoms. The van der Waals surface area contributed by atoms with Crippen LogP contribution in [-0.2, 0) is 4.43 Å². The summed E-state index contributed by atoms with van der Waals surface area (Å²) >= 11 is 0. The second-order valence-corrected chi connectivity index (χ2v) is 11.7. The van der Waals surface area contributed by atoms with Crippen LogP contribution >= 0.6 is 0 Å². The van der Waals surface area contributed by atoms with E-state index in [4.69, 9.17) is 4.43 Å². The first-order valence-electron chi connectivity index (χ1n) is 10.9. The summed E-state index contributed by atoms with van der Waals surface area (Å²) in [7, 11) is -2.16. The molecule has 3 aromatic rings. The molecule has 4 nitrogen and oxygen atoms in total. The van der Waals surface area contributed by atoms with Crippen LogP contribution in [0.25, 0.3) is 0 Å². The number of hydrogen-bond donors (Lipinski definition) is 2. The summed E-state index contributed by atoms with van der Waals surface area (Å²) in [4.78, 5) is 11.6. The molecule has 0 saturated carbocycles. The predicted molar refractivity (Wildman–Crippen MR) is 128 cm³/mol. The Balaban J connectivity index is 1.99. The molecule has 0 fully saturated rings. The van der Waals surface area contributed by atoms with Gasteiger partial charge in [-0.15, -0.1) is 0 Å². The largest absolute Gasteiger partial charge is 0.465 e. The van der Waals surface area contributed by atoms with Crippen LogP contribution in [0.5, 0.6) is 0 Å². The van der Waals surface area contributed by atoms with Crippen molar-refractivity contribution in [1.29, 1.82) is 0 Å². The van der Waals surface area contributed by atoms with Gasteiger partial charge in [-0.2, -0.15) is 0 Å². The first-order chi connectivity index (χ1) is 16.1. The molecule has 2 N–H and O–H groups in total. The van der Waals surface area contributed by atoms with Gasteiger partial charge in [-0.3, -0.25) is 0 Å². The summed E-state index contributed by atoms with van der Waals surface area (Å²) in [6.45, 7) is 5.82. The smallest absolute Gasteiger partial charge is 0.405 e. The van der Waals surface area contributed by atoms with Crippen LogP contribution in [0.15, 0.2) is 72.8 Å². The van der Waals surface area contributed by atoms with Crippen LogP contribution in [0.4, 0.5) is 18.0 Å². The third-order valence-corrected chi connectivity index (χ3v) is 8.31. The van der Waals surface area contributed by atoms with Gasteiger partial charge in [0.05, 0.1) is 6.04 Å². The van der Waals surface area contributed by atoms with Crippen LogP contribution in [0, 0.1) is 28.8 Å². The van der Waals surface area contributed by atoms with Gasteiger partial charge >= 0.3 is 6.09 Å². The molecular formula is C26H28F3NO3Si. The van der Waals surface area contributed by atoms with Gasteiger partial charge in [0, 0.05) is 12.5 Å². The maximum absolute atomic E-state index is 14.0. The standard InChI is InChI=1S/C26H28F3NO3Si/c1-26(2,3)20(24(30-25(31)32)17-14-21(27)23(29)22(28)15-17)16-33-34(18-10-6-4-7-11-18)19-12-8-5-9-13-19/h4-15,20,24,30,34H,16H2,1-3H3,(H,31,32)/t20-,24-/m0/s1. The molecule has 0 aliphatic rings. The van der Waals surface area contributed by atoms with E-state index < -0.39 is 50.0 Å². The third-order valence-electron chi connectivity index (χ3n) is 5.81. The number of hydrogen-bond acceptors (Lipinski definition) is 2. The molecule has 0 saturated heterocycles. The van der Waals surface area contributed by atoms with Crippen LogP contribution < -0.4 is 15.7 Å². The zero-order valence-electron chi connectivity index (χ0n) is 19.3. The number of amides is 1. The fraction of sp³-hybridized carbons (Fsp3) is 0.269. The molecule has 0 heterocycles. The molecule has 0 aromatic heterocycles. The average molecular weight is 488 g/mol. The van der Waals surface area contributed by atoms with Crippen molar-refractivity contribution in [3.05, 3.63) is 95.8 Å². The van der Waals surface area contributed by atoms with E-state index in [1.807, 2.05) is 81.4 Å². The zero-order valence-corrected chi connectivity index (χ0v) is 20.4. The van der Waals surface area contributed by atoms with E-state index in [9.17, 15) is 23.1 Å². The first kappa shape index (κ1) is 25.5. The van der Waals surface area contributed by atoms with Gasteiger partial charge < -0.3 is 14.8 Å². The Hall–Kier alpha value is -3.10. The fourth-order valence-corrected chi connectivity index (χ4v) is 6.30. The summed E-state index contributed by atoms with van der Waals surface area (Å²) in [5, 5.41) is 13.9. The van der Waals surface area contributed by atoms with Crippen molar-refractivity contribution < 1.29 is 27.5 Å². The lowest BCUT2D eigenvalue weighted by molar-refractivity contribution is 0.104. The van der Waals surface area contributed by atoms with E-state index >= 15 is 0 Å². The molecular weight excluding hydrogens is 459 g/mol. The zero-order chi connectivity index (χ0) is 24.9. The van der Waals surface area contributed by atoms with Gasteiger partial charge in [-0.25, -0.2) is 18.0 Å². The molecule has 34 heavy (non-hydrogen) atoms. The second kappa shape index (κ2) is 10.9. The molecule has 2 atom stereocenters. The number of nitrogens with one attached hydrogen (secondary N) is 1. The van der Waals surface area contributed by atoms with E-state index in [1.165, 1.54) is 0 Å². The summed E-state index contributed by atoms with van der Waals surface area (Å²) in [5.41, 5.74) is -0.527. The molecule has 3 aromatic carbocycles. The number of carbonyl (C=O) groups is 1. The molecule has 0 aliphatic carbocycles. The Morgan fingerprint density at radius 3 is 1.82 bits per heavy atom. The molecule has 0 unspecified atom stereocenters. The van der Waals surface area contributed by atoms with Gasteiger partial charge in [0.15, 0.2) is 17.5 Å². The molecule has 0 aliphatic heterocycles. The van der Waals surface area contributed by atoms with Crippen LogP contribution in [0.1, 0.15) is 32.4 Å². The topological polar surface area (TPSA) is 58.6 Å². The van der Waals surface area contributed by atoms with E-state index in [0.29, 0.717) is 0 Å². The fourth-order valence-electron chi connectivity index (χ4n) is 3.99. The van der Waals surface area contributed by atoms with Gasteiger partial charge in [0.25, 0.3) is 0 Å². The minimum atomic E-state index is -2.16. The highest BCUT2D eigenvalue weighted by molar-refractivity contribution is 6.80. The number of benzene rings is 3. The van der Waals surface area contributed by atoms with Crippen molar-refractivity contribution >= 4 is 25.5 Å². The maximum atomic E-state index is 14.0. The number of carboxylic acid groups (broad SMARTS) is 1. The van der Waals surface area contributed by atoms with Crippen LogP contribution in [0.2, 0.25) is 0 Å². The SMILES string of the molecule is CC(C)(C)[C@@H](CO[SiH](c1ccccc1)c1ccccc1)[C@@H](NC(=O)O)c1cc(F)c(F)c(F)c1. The highest BCUT2D eigenvalue weighted by Gasteiger charge is 2.36. The molecule has 0 radical (unpaired) electrons. The van der Waals surface area contributed by atoms with Gasteiger partial charge in [-0.05, 0) is 33.5 Å². The van der Waals surface area contributed by atoms with Crippen molar-refractivity contribution in [2.24, 2.45) is 11.3 Å². The summed E-state index contributed by atoms with van der Waals surface area (Å²) < 4.78 is 48.2. The van der Waals surface area contributed by atoms with Gasteiger partial charge in [-0.1, -0.05) is 81.4 Å².